The summed E-state index contributed by atoms with van der Waals surface area (Å²) in [7, 11) is 0. The molecule has 1 fully saturated rings. The van der Waals surface area contributed by atoms with Gasteiger partial charge < -0.3 is 20.2 Å². The number of amides is 3. The molecular weight excluding hydrogens is 250 g/mol. The summed E-state index contributed by atoms with van der Waals surface area (Å²) in [5, 5.41) is 11.5. The quantitative estimate of drug-likeness (QED) is 0.751. The maximum atomic E-state index is 12.3. The molecule has 0 bridgehead atoms. The van der Waals surface area contributed by atoms with Crippen LogP contribution in [-0.4, -0.2) is 65.0 Å². The summed E-state index contributed by atoms with van der Waals surface area (Å²) in [4.78, 5) is 37.4. The molecule has 0 aliphatic carbocycles. The Labute approximate surface area is 112 Å². The van der Waals surface area contributed by atoms with Gasteiger partial charge in [-0.2, -0.15) is 0 Å². The van der Waals surface area contributed by atoms with E-state index in [9.17, 15) is 14.4 Å². The van der Waals surface area contributed by atoms with E-state index >= 15 is 0 Å². The molecule has 2 N–H and O–H groups in total. The van der Waals surface area contributed by atoms with E-state index in [-0.39, 0.29) is 18.4 Å². The van der Waals surface area contributed by atoms with Crippen LogP contribution in [0.2, 0.25) is 0 Å². The second-order valence-corrected chi connectivity index (χ2v) is 5.11. The fraction of sp³-hybridized carbons (Fsp3) is 0.750. The van der Waals surface area contributed by atoms with Crippen LogP contribution < -0.4 is 5.32 Å². The van der Waals surface area contributed by atoms with Crippen molar-refractivity contribution in [3.63, 3.8) is 0 Å². The molecule has 1 aliphatic heterocycles. The molecule has 1 saturated heterocycles. The second-order valence-electron chi connectivity index (χ2n) is 5.11. The Balaban J connectivity index is 2.79. The number of carbonyl (C=O) groups excluding carboxylic acids is 2. The third-order valence-electron chi connectivity index (χ3n) is 2.93. The Hall–Kier alpha value is -1.79. The summed E-state index contributed by atoms with van der Waals surface area (Å²) < 4.78 is 0. The molecule has 7 heteroatoms. The Morgan fingerprint density at radius 2 is 2.16 bits per heavy atom. The number of hydrogen-bond donors (Lipinski definition) is 2. The number of urea groups is 1. The van der Waals surface area contributed by atoms with Crippen molar-refractivity contribution in [3.05, 3.63) is 0 Å². The molecule has 1 rings (SSSR count). The first-order valence-corrected chi connectivity index (χ1v) is 6.38. The minimum atomic E-state index is -1.05. The highest BCUT2D eigenvalue weighted by Crippen LogP contribution is 2.10. The number of aliphatic carboxylic acids is 1. The summed E-state index contributed by atoms with van der Waals surface area (Å²) in [5.41, 5.74) is 0. The number of carbonyl (C=O) groups is 3. The van der Waals surface area contributed by atoms with Gasteiger partial charge in [-0.05, 0) is 12.8 Å². The smallest absolute Gasteiger partial charge is 0.323 e. The van der Waals surface area contributed by atoms with E-state index in [1.807, 2.05) is 13.8 Å². The molecule has 0 spiro atoms. The third kappa shape index (κ3) is 4.11. The summed E-state index contributed by atoms with van der Waals surface area (Å²) in [5.74, 6) is -1.10. The molecule has 1 atom stereocenters. The highest BCUT2D eigenvalue weighted by Gasteiger charge is 2.32. The average molecular weight is 271 g/mol. The van der Waals surface area contributed by atoms with Gasteiger partial charge in [0.25, 0.3) is 0 Å². The van der Waals surface area contributed by atoms with Crippen molar-refractivity contribution in [1.82, 2.24) is 15.1 Å². The minimum absolute atomic E-state index is 0.164. The lowest BCUT2D eigenvalue weighted by atomic mass is 10.2. The van der Waals surface area contributed by atoms with Crippen LogP contribution in [0.25, 0.3) is 0 Å². The van der Waals surface area contributed by atoms with Crippen LogP contribution in [0, 0.1) is 5.92 Å². The molecule has 19 heavy (non-hydrogen) atoms. The number of rotatable bonds is 4. The van der Waals surface area contributed by atoms with E-state index in [1.165, 1.54) is 9.80 Å². The lowest BCUT2D eigenvalue weighted by Crippen LogP contribution is -2.59. The first-order chi connectivity index (χ1) is 8.82. The summed E-state index contributed by atoms with van der Waals surface area (Å²) in [6, 6.07) is -0.955. The van der Waals surface area contributed by atoms with E-state index in [2.05, 4.69) is 5.32 Å². The number of piperazine rings is 1. The van der Waals surface area contributed by atoms with Gasteiger partial charge in [-0.1, -0.05) is 13.8 Å². The van der Waals surface area contributed by atoms with Gasteiger partial charge in [0.15, 0.2) is 0 Å². The van der Waals surface area contributed by atoms with E-state index in [0.29, 0.717) is 19.6 Å². The first kappa shape index (κ1) is 15.3. The Morgan fingerprint density at radius 1 is 1.53 bits per heavy atom. The molecule has 0 aromatic rings. The molecule has 0 aromatic carbocycles. The topological polar surface area (TPSA) is 90.0 Å². The molecule has 1 aliphatic rings. The molecule has 0 aromatic heterocycles. The fourth-order valence-corrected chi connectivity index (χ4v) is 2.04. The number of hydrogen-bond acceptors (Lipinski definition) is 3. The summed E-state index contributed by atoms with van der Waals surface area (Å²) >= 11 is 0. The third-order valence-corrected chi connectivity index (χ3v) is 2.93. The number of carboxylic acid groups (broad SMARTS) is 1. The Kier molecular flexibility index (Phi) is 5.14. The molecule has 7 nitrogen and oxygen atoms in total. The molecule has 0 radical (unpaired) electrons. The zero-order chi connectivity index (χ0) is 14.6. The monoisotopic (exact) mass is 271 g/mol. The average Bonchev–Trinajstić information content (AvgIpc) is 2.30. The number of carboxylic acids is 1. The van der Waals surface area contributed by atoms with Gasteiger partial charge in [0.2, 0.25) is 5.91 Å². The van der Waals surface area contributed by atoms with Crippen LogP contribution >= 0.6 is 0 Å². The standard InChI is InChI=1S/C12H21N3O4/c1-8(2)6-14(7-10(16)17)12(19)15-5-4-13-11(18)9(15)3/h8-9H,4-7H2,1-3H3,(H,13,18)(H,16,17). The van der Waals surface area contributed by atoms with Gasteiger partial charge in [0, 0.05) is 19.6 Å². The van der Waals surface area contributed by atoms with Crippen molar-refractivity contribution in [2.75, 3.05) is 26.2 Å². The van der Waals surface area contributed by atoms with Crippen molar-refractivity contribution in [1.29, 1.82) is 0 Å². The second kappa shape index (κ2) is 6.40. The minimum Gasteiger partial charge on any atom is -0.480 e. The first-order valence-electron chi connectivity index (χ1n) is 6.38. The maximum Gasteiger partial charge on any atom is 0.323 e. The van der Waals surface area contributed by atoms with Crippen molar-refractivity contribution in [3.8, 4) is 0 Å². The van der Waals surface area contributed by atoms with E-state index in [4.69, 9.17) is 5.11 Å². The van der Waals surface area contributed by atoms with Gasteiger partial charge in [0.1, 0.15) is 12.6 Å². The van der Waals surface area contributed by atoms with Gasteiger partial charge in [-0.15, -0.1) is 0 Å². The van der Waals surface area contributed by atoms with Crippen LogP contribution in [0.1, 0.15) is 20.8 Å². The lowest BCUT2D eigenvalue weighted by Gasteiger charge is -2.36. The predicted molar refractivity (Wildman–Crippen MR) is 68.6 cm³/mol. The summed E-state index contributed by atoms with van der Waals surface area (Å²) in [6.07, 6.45) is 0. The highest BCUT2D eigenvalue weighted by atomic mass is 16.4. The van der Waals surface area contributed by atoms with E-state index in [0.717, 1.165) is 0 Å². The molecule has 1 heterocycles. The van der Waals surface area contributed by atoms with Crippen molar-refractivity contribution in [2.24, 2.45) is 5.92 Å². The highest BCUT2D eigenvalue weighted by molar-refractivity contribution is 5.88. The van der Waals surface area contributed by atoms with E-state index < -0.39 is 18.0 Å². The van der Waals surface area contributed by atoms with Crippen LogP contribution in [-0.2, 0) is 9.59 Å². The van der Waals surface area contributed by atoms with Gasteiger partial charge in [-0.3, -0.25) is 9.59 Å². The molecule has 108 valence electrons. The summed E-state index contributed by atoms with van der Waals surface area (Å²) in [6.45, 7) is 6.28. The largest absolute Gasteiger partial charge is 0.480 e. The van der Waals surface area contributed by atoms with Crippen molar-refractivity contribution >= 4 is 17.9 Å². The molecule has 0 saturated carbocycles. The van der Waals surface area contributed by atoms with Crippen molar-refractivity contribution < 1.29 is 19.5 Å². The molecule has 1 unspecified atom stereocenters. The van der Waals surface area contributed by atoms with Crippen LogP contribution in [0.4, 0.5) is 4.79 Å². The van der Waals surface area contributed by atoms with Gasteiger partial charge in [-0.25, -0.2) is 4.79 Å². The van der Waals surface area contributed by atoms with Gasteiger partial charge >= 0.3 is 12.0 Å². The molecular formula is C12H21N3O4. The maximum absolute atomic E-state index is 12.3. The fourth-order valence-electron chi connectivity index (χ4n) is 2.04. The Bertz CT molecular complexity index is 370. The molecule has 3 amide bonds. The normalized spacial score (nSPS) is 19.3. The number of nitrogens with one attached hydrogen (secondary N) is 1. The van der Waals surface area contributed by atoms with Crippen LogP contribution in [0.3, 0.4) is 0 Å². The van der Waals surface area contributed by atoms with Crippen LogP contribution in [0.5, 0.6) is 0 Å². The number of nitrogens with zero attached hydrogens (tertiary/aromatic N) is 2. The van der Waals surface area contributed by atoms with Gasteiger partial charge in [0.05, 0.1) is 0 Å². The predicted octanol–water partition coefficient (Wildman–Crippen LogP) is -0.0307. The van der Waals surface area contributed by atoms with Crippen molar-refractivity contribution in [2.45, 2.75) is 26.8 Å². The zero-order valence-electron chi connectivity index (χ0n) is 11.5. The lowest BCUT2D eigenvalue weighted by molar-refractivity contribution is -0.137. The zero-order valence-corrected chi connectivity index (χ0v) is 11.5. The van der Waals surface area contributed by atoms with Crippen LogP contribution in [0.15, 0.2) is 0 Å². The Morgan fingerprint density at radius 3 is 2.68 bits per heavy atom. The SMILES string of the molecule is CC(C)CN(CC(=O)O)C(=O)N1CCNC(=O)C1C. The van der Waals surface area contributed by atoms with E-state index in [1.54, 1.807) is 6.92 Å².